The van der Waals surface area contributed by atoms with Gasteiger partial charge in [-0.2, -0.15) is 5.26 Å². The van der Waals surface area contributed by atoms with Crippen LogP contribution in [0.2, 0.25) is 0 Å². The van der Waals surface area contributed by atoms with Crippen LogP contribution < -0.4 is 14.8 Å². The fraction of sp³-hybridized carbons (Fsp3) is 0.125. The minimum atomic E-state index is -0.478. The van der Waals surface area contributed by atoms with Crippen molar-refractivity contribution in [2.45, 2.75) is 20.0 Å². The van der Waals surface area contributed by atoms with Gasteiger partial charge in [-0.25, -0.2) is 0 Å². The van der Waals surface area contributed by atoms with Gasteiger partial charge in [0.05, 0.1) is 7.11 Å². The number of aryl methyl sites for hydroxylation is 1. The zero-order valence-electron chi connectivity index (χ0n) is 21.0. The van der Waals surface area contributed by atoms with E-state index in [1.54, 1.807) is 31.4 Å². The first kappa shape index (κ1) is 25.3. The molecule has 0 aliphatic rings. The van der Waals surface area contributed by atoms with Crippen LogP contribution in [0.15, 0.2) is 97.1 Å². The molecule has 0 atom stereocenters. The summed E-state index contributed by atoms with van der Waals surface area (Å²) in [6.45, 7) is 6.17. The van der Waals surface area contributed by atoms with Crippen LogP contribution in [0.5, 0.6) is 11.5 Å². The van der Waals surface area contributed by atoms with Crippen LogP contribution in [0.4, 0.5) is 5.69 Å². The molecule has 4 aromatic carbocycles. The van der Waals surface area contributed by atoms with Crippen LogP contribution in [-0.4, -0.2) is 13.0 Å². The van der Waals surface area contributed by atoms with Crippen LogP contribution in [0, 0.1) is 18.3 Å². The zero-order valence-corrected chi connectivity index (χ0v) is 21.0. The Morgan fingerprint density at radius 3 is 2.57 bits per heavy atom. The Balaban J connectivity index is 1.64. The Bertz CT molecular complexity index is 1520. The number of nitriles is 1. The predicted molar refractivity (Wildman–Crippen MR) is 149 cm³/mol. The maximum Gasteiger partial charge on any atom is 0.266 e. The molecule has 0 saturated carbocycles. The van der Waals surface area contributed by atoms with E-state index in [0.717, 1.165) is 27.5 Å². The number of methoxy groups -OCH3 is 1. The van der Waals surface area contributed by atoms with Gasteiger partial charge in [0.25, 0.3) is 5.91 Å². The highest BCUT2D eigenvalue weighted by atomic mass is 16.5. The van der Waals surface area contributed by atoms with Gasteiger partial charge in [-0.15, -0.1) is 6.58 Å². The third kappa shape index (κ3) is 6.06. The lowest BCUT2D eigenvalue weighted by atomic mass is 10.0. The lowest BCUT2D eigenvalue weighted by Crippen LogP contribution is -2.13. The van der Waals surface area contributed by atoms with E-state index in [2.05, 4.69) is 30.1 Å². The maximum absolute atomic E-state index is 12.8. The monoisotopic (exact) mass is 488 g/mol. The van der Waals surface area contributed by atoms with Crippen molar-refractivity contribution < 1.29 is 14.3 Å². The van der Waals surface area contributed by atoms with E-state index in [1.165, 1.54) is 0 Å². The first-order valence-electron chi connectivity index (χ1n) is 11.9. The van der Waals surface area contributed by atoms with Crippen molar-refractivity contribution in [3.8, 4) is 17.6 Å². The number of nitrogens with zero attached hydrogens (tertiary/aromatic N) is 1. The number of allylic oxidation sites excluding steroid dienone is 1. The van der Waals surface area contributed by atoms with Gasteiger partial charge in [0, 0.05) is 11.3 Å². The normalized spacial score (nSPS) is 11.0. The molecule has 1 N–H and O–H groups in total. The van der Waals surface area contributed by atoms with Gasteiger partial charge in [-0.1, -0.05) is 60.7 Å². The topological polar surface area (TPSA) is 71.4 Å². The molecular weight excluding hydrogens is 460 g/mol. The average molecular weight is 489 g/mol. The molecule has 5 heteroatoms. The zero-order chi connectivity index (χ0) is 26.2. The summed E-state index contributed by atoms with van der Waals surface area (Å²) in [6.07, 6.45) is 3.86. The van der Waals surface area contributed by atoms with Gasteiger partial charge in [0.15, 0.2) is 11.5 Å². The van der Waals surface area contributed by atoms with Crippen molar-refractivity contribution in [1.29, 1.82) is 5.26 Å². The van der Waals surface area contributed by atoms with Crippen molar-refractivity contribution in [1.82, 2.24) is 0 Å². The molecule has 1 amide bonds. The first-order chi connectivity index (χ1) is 18.0. The molecule has 37 heavy (non-hydrogen) atoms. The summed E-state index contributed by atoms with van der Waals surface area (Å²) in [6, 6.07) is 27.4. The Morgan fingerprint density at radius 1 is 1.03 bits per heavy atom. The highest BCUT2D eigenvalue weighted by Crippen LogP contribution is 2.35. The fourth-order valence-corrected chi connectivity index (χ4v) is 4.19. The molecule has 5 nitrogen and oxygen atoms in total. The Hall–Kier alpha value is -4.82. The van der Waals surface area contributed by atoms with E-state index in [0.29, 0.717) is 35.8 Å². The summed E-state index contributed by atoms with van der Waals surface area (Å²) in [5.41, 5.74) is 4.19. The SMILES string of the molecule is C=CCc1cc(/C=C(\C#N)C(=O)Nc2cccc(C)c2)cc(OC)c1OCc1cccc2ccccc12. The molecule has 4 aromatic rings. The number of ether oxygens (including phenoxy) is 2. The third-order valence-corrected chi connectivity index (χ3v) is 5.94. The number of hydrogen-bond acceptors (Lipinski definition) is 4. The van der Waals surface area contributed by atoms with Gasteiger partial charge in [0.2, 0.25) is 0 Å². The predicted octanol–water partition coefficient (Wildman–Crippen LogP) is 7.01. The minimum Gasteiger partial charge on any atom is -0.493 e. The smallest absolute Gasteiger partial charge is 0.266 e. The molecule has 0 saturated heterocycles. The summed E-state index contributed by atoms with van der Waals surface area (Å²) in [5, 5.41) is 14.8. The lowest BCUT2D eigenvalue weighted by Gasteiger charge is -2.17. The summed E-state index contributed by atoms with van der Waals surface area (Å²) < 4.78 is 12.0. The standard InChI is InChI=1S/C32H28N2O3/c1-4-9-25-17-23(18-27(20-33)32(35)34-28-14-7-10-22(2)16-28)19-30(36-3)31(25)37-21-26-13-8-12-24-11-5-6-15-29(24)26/h4-8,10-19H,1,9,21H2,2-3H3,(H,34,35)/b27-18+. The first-order valence-corrected chi connectivity index (χ1v) is 11.9. The van der Waals surface area contributed by atoms with Crippen LogP contribution in [-0.2, 0) is 17.8 Å². The second kappa shape index (κ2) is 11.7. The number of amides is 1. The number of anilines is 1. The molecule has 0 radical (unpaired) electrons. The molecule has 4 rings (SSSR count). The number of hydrogen-bond donors (Lipinski definition) is 1. The molecule has 0 aliphatic heterocycles. The van der Waals surface area contributed by atoms with Gasteiger partial charge in [0.1, 0.15) is 18.2 Å². The van der Waals surface area contributed by atoms with Crippen LogP contribution >= 0.6 is 0 Å². The van der Waals surface area contributed by atoms with E-state index in [9.17, 15) is 10.1 Å². The van der Waals surface area contributed by atoms with Crippen LogP contribution in [0.1, 0.15) is 22.3 Å². The molecule has 0 unspecified atom stereocenters. The summed E-state index contributed by atoms with van der Waals surface area (Å²) in [5.74, 6) is 0.644. The van der Waals surface area contributed by atoms with E-state index >= 15 is 0 Å². The molecule has 0 aromatic heterocycles. The van der Waals surface area contributed by atoms with Crippen molar-refractivity contribution in [3.05, 3.63) is 119 Å². The van der Waals surface area contributed by atoms with E-state index < -0.39 is 5.91 Å². The van der Waals surface area contributed by atoms with Gasteiger partial charge >= 0.3 is 0 Å². The van der Waals surface area contributed by atoms with Crippen molar-refractivity contribution >= 4 is 28.4 Å². The Kier molecular flexibility index (Phi) is 8.02. The Morgan fingerprint density at radius 2 is 1.81 bits per heavy atom. The van der Waals surface area contributed by atoms with Crippen molar-refractivity contribution in [2.24, 2.45) is 0 Å². The second-order valence-corrected chi connectivity index (χ2v) is 8.62. The number of nitrogens with one attached hydrogen (secondary N) is 1. The molecule has 0 fully saturated rings. The summed E-state index contributed by atoms with van der Waals surface area (Å²) in [4.78, 5) is 12.8. The van der Waals surface area contributed by atoms with Gasteiger partial charge < -0.3 is 14.8 Å². The molecule has 0 heterocycles. The average Bonchev–Trinajstić information content (AvgIpc) is 2.91. The molecular formula is C32H28N2O3. The minimum absolute atomic E-state index is 0.0162. The molecule has 184 valence electrons. The van der Waals surface area contributed by atoms with Crippen LogP contribution in [0.25, 0.3) is 16.8 Å². The summed E-state index contributed by atoms with van der Waals surface area (Å²) in [7, 11) is 1.57. The lowest BCUT2D eigenvalue weighted by molar-refractivity contribution is -0.112. The summed E-state index contributed by atoms with van der Waals surface area (Å²) >= 11 is 0. The number of rotatable bonds is 9. The maximum atomic E-state index is 12.8. The quantitative estimate of drug-likeness (QED) is 0.156. The van der Waals surface area contributed by atoms with E-state index in [-0.39, 0.29) is 5.57 Å². The largest absolute Gasteiger partial charge is 0.493 e. The number of carbonyl (C=O) groups excluding carboxylic acids is 1. The third-order valence-electron chi connectivity index (χ3n) is 5.94. The van der Waals surface area contributed by atoms with Crippen LogP contribution in [0.3, 0.4) is 0 Å². The fourth-order valence-electron chi connectivity index (χ4n) is 4.19. The van der Waals surface area contributed by atoms with E-state index in [1.807, 2.05) is 61.5 Å². The number of carbonyl (C=O) groups is 1. The second-order valence-electron chi connectivity index (χ2n) is 8.62. The van der Waals surface area contributed by atoms with Gasteiger partial charge in [-0.3, -0.25) is 4.79 Å². The number of fused-ring (bicyclic) bond motifs is 1. The molecule has 0 spiro atoms. The highest BCUT2D eigenvalue weighted by molar-refractivity contribution is 6.09. The molecule has 0 aliphatic carbocycles. The van der Waals surface area contributed by atoms with Crippen molar-refractivity contribution in [3.63, 3.8) is 0 Å². The number of benzene rings is 4. The molecule has 0 bridgehead atoms. The van der Waals surface area contributed by atoms with E-state index in [4.69, 9.17) is 9.47 Å². The van der Waals surface area contributed by atoms with Crippen molar-refractivity contribution in [2.75, 3.05) is 12.4 Å². The highest BCUT2D eigenvalue weighted by Gasteiger charge is 2.15. The Labute approximate surface area is 217 Å². The van der Waals surface area contributed by atoms with Gasteiger partial charge in [-0.05, 0) is 71.1 Å².